The number of hydrogen-bond acceptors (Lipinski definition) is 4. The van der Waals surface area contributed by atoms with Crippen LogP contribution in [0.1, 0.15) is 21.5 Å². The van der Waals surface area contributed by atoms with Crippen LogP contribution in [0.5, 0.6) is 0 Å². The molecule has 0 bridgehead atoms. The number of primary sulfonamides is 1. The number of carbonyl (C=O) groups is 1. The van der Waals surface area contributed by atoms with Gasteiger partial charge in [-0.2, -0.15) is 11.3 Å². The zero-order valence-corrected chi connectivity index (χ0v) is 12.6. The quantitative estimate of drug-likeness (QED) is 0.911. The molecule has 2 aromatic rings. The Hall–Kier alpha value is -1.70. The van der Waals surface area contributed by atoms with Gasteiger partial charge in [0, 0.05) is 11.1 Å². The van der Waals surface area contributed by atoms with Crippen LogP contribution in [0.2, 0.25) is 0 Å². The summed E-state index contributed by atoms with van der Waals surface area (Å²) in [5.74, 6) is -0.213. The van der Waals surface area contributed by atoms with Crippen molar-refractivity contribution in [3.05, 3.63) is 45.6 Å². The number of carbonyl (C=O) groups excluding carboxylic acids is 1. The molecule has 0 unspecified atom stereocenters. The molecule has 1 heterocycles. The number of nitrogens with one attached hydrogen (secondary N) is 1. The van der Waals surface area contributed by atoms with E-state index in [0.29, 0.717) is 16.8 Å². The van der Waals surface area contributed by atoms with Crippen LogP contribution in [0.15, 0.2) is 33.9 Å². The molecule has 2 rings (SSSR count). The summed E-state index contributed by atoms with van der Waals surface area (Å²) in [4.78, 5) is 12.1. The highest BCUT2D eigenvalue weighted by Gasteiger charge is 2.13. The largest absolute Gasteiger partial charge is 0.322 e. The van der Waals surface area contributed by atoms with E-state index in [1.165, 1.54) is 29.5 Å². The Balaban J connectivity index is 2.27. The van der Waals surface area contributed by atoms with Crippen LogP contribution in [-0.4, -0.2) is 14.3 Å². The minimum atomic E-state index is -3.73. The van der Waals surface area contributed by atoms with Crippen molar-refractivity contribution < 1.29 is 13.2 Å². The Labute approximate surface area is 121 Å². The maximum Gasteiger partial charge on any atom is 0.256 e. The van der Waals surface area contributed by atoms with E-state index in [-0.39, 0.29) is 10.8 Å². The number of anilines is 1. The number of sulfonamides is 1. The summed E-state index contributed by atoms with van der Waals surface area (Å²) in [7, 11) is -3.73. The number of nitrogens with two attached hydrogens (primary N) is 1. The van der Waals surface area contributed by atoms with Gasteiger partial charge in [0.1, 0.15) is 0 Å². The summed E-state index contributed by atoms with van der Waals surface area (Å²) in [5.41, 5.74) is 2.72. The van der Waals surface area contributed by atoms with Gasteiger partial charge in [-0.1, -0.05) is 0 Å². The lowest BCUT2D eigenvalue weighted by Crippen LogP contribution is -2.15. The normalized spacial score (nSPS) is 11.3. The van der Waals surface area contributed by atoms with E-state index >= 15 is 0 Å². The summed E-state index contributed by atoms with van der Waals surface area (Å²) in [5, 5.41) is 11.5. The second-order valence-corrected chi connectivity index (χ2v) is 6.75. The van der Waals surface area contributed by atoms with E-state index in [0.717, 1.165) is 5.56 Å². The Morgan fingerprint density at radius 1 is 1.20 bits per heavy atom. The predicted octanol–water partition coefficient (Wildman–Crippen LogP) is 2.26. The third kappa shape index (κ3) is 3.06. The van der Waals surface area contributed by atoms with E-state index < -0.39 is 10.0 Å². The van der Waals surface area contributed by atoms with Gasteiger partial charge in [0.15, 0.2) is 0 Å². The van der Waals surface area contributed by atoms with E-state index in [1.807, 2.05) is 12.3 Å². The molecule has 106 valence electrons. The van der Waals surface area contributed by atoms with Crippen molar-refractivity contribution in [2.75, 3.05) is 5.32 Å². The molecule has 1 aromatic carbocycles. The van der Waals surface area contributed by atoms with Gasteiger partial charge < -0.3 is 5.32 Å². The van der Waals surface area contributed by atoms with Crippen molar-refractivity contribution in [3.8, 4) is 0 Å². The van der Waals surface area contributed by atoms with Crippen molar-refractivity contribution >= 4 is 33.0 Å². The maximum atomic E-state index is 12.1. The number of aryl methyl sites for hydroxylation is 2. The Bertz CT molecular complexity index is 764. The molecule has 0 saturated heterocycles. The summed E-state index contributed by atoms with van der Waals surface area (Å²) in [6.07, 6.45) is 0. The van der Waals surface area contributed by atoms with Crippen LogP contribution in [0.4, 0.5) is 5.69 Å². The van der Waals surface area contributed by atoms with Gasteiger partial charge in [0.05, 0.1) is 10.5 Å². The number of amides is 1. The van der Waals surface area contributed by atoms with Crippen LogP contribution < -0.4 is 10.5 Å². The Morgan fingerprint density at radius 2 is 1.90 bits per heavy atom. The fourth-order valence-electron chi connectivity index (χ4n) is 1.74. The fourth-order valence-corrected chi connectivity index (χ4v) is 3.16. The SMILES string of the molecule is Cc1cc(S(N)(=O)=O)ccc1NC(=O)c1cscc1C. The molecular formula is C13H14N2O3S2. The van der Waals surface area contributed by atoms with Crippen molar-refractivity contribution in [2.24, 2.45) is 5.14 Å². The highest BCUT2D eigenvalue weighted by molar-refractivity contribution is 7.89. The Morgan fingerprint density at radius 3 is 2.40 bits per heavy atom. The summed E-state index contributed by atoms with van der Waals surface area (Å²) in [6, 6.07) is 4.35. The van der Waals surface area contributed by atoms with E-state index in [1.54, 1.807) is 12.3 Å². The van der Waals surface area contributed by atoms with Gasteiger partial charge in [0.25, 0.3) is 5.91 Å². The molecule has 0 aliphatic carbocycles. The zero-order chi connectivity index (χ0) is 14.9. The maximum absolute atomic E-state index is 12.1. The first kappa shape index (κ1) is 14.7. The number of thiophene rings is 1. The van der Waals surface area contributed by atoms with Gasteiger partial charge in [-0.05, 0) is 48.6 Å². The molecule has 0 atom stereocenters. The highest BCUT2D eigenvalue weighted by Crippen LogP contribution is 2.21. The molecule has 3 N–H and O–H groups in total. The average Bonchev–Trinajstić information content (AvgIpc) is 2.76. The van der Waals surface area contributed by atoms with E-state index in [9.17, 15) is 13.2 Å². The molecule has 0 spiro atoms. The van der Waals surface area contributed by atoms with Crippen molar-refractivity contribution in [3.63, 3.8) is 0 Å². The molecular weight excluding hydrogens is 296 g/mol. The van der Waals surface area contributed by atoms with Crippen LogP contribution in [0.3, 0.4) is 0 Å². The lowest BCUT2D eigenvalue weighted by Gasteiger charge is -2.09. The summed E-state index contributed by atoms with van der Waals surface area (Å²) >= 11 is 1.46. The van der Waals surface area contributed by atoms with Gasteiger partial charge >= 0.3 is 0 Å². The standard InChI is InChI=1S/C13H14N2O3S2/c1-8-5-10(20(14,17)18)3-4-12(8)15-13(16)11-7-19-6-9(11)2/h3-7H,1-2H3,(H,15,16)(H2,14,17,18). The molecule has 0 saturated carbocycles. The Kier molecular flexibility index (Phi) is 3.94. The van der Waals surface area contributed by atoms with Crippen molar-refractivity contribution in [2.45, 2.75) is 18.7 Å². The first-order valence-corrected chi connectivity index (χ1v) is 8.25. The second kappa shape index (κ2) is 5.35. The third-order valence-corrected chi connectivity index (χ3v) is 4.65. The molecule has 7 heteroatoms. The number of benzene rings is 1. The average molecular weight is 310 g/mol. The monoisotopic (exact) mass is 310 g/mol. The second-order valence-electron chi connectivity index (χ2n) is 4.44. The minimum Gasteiger partial charge on any atom is -0.322 e. The lowest BCUT2D eigenvalue weighted by atomic mass is 10.1. The topological polar surface area (TPSA) is 89.3 Å². The van der Waals surface area contributed by atoms with Gasteiger partial charge in [-0.3, -0.25) is 4.79 Å². The molecule has 0 radical (unpaired) electrons. The van der Waals surface area contributed by atoms with E-state index in [4.69, 9.17) is 5.14 Å². The number of rotatable bonds is 3. The smallest absolute Gasteiger partial charge is 0.256 e. The van der Waals surface area contributed by atoms with Gasteiger partial charge in [-0.15, -0.1) is 0 Å². The molecule has 1 aromatic heterocycles. The molecule has 20 heavy (non-hydrogen) atoms. The minimum absolute atomic E-state index is 0.0275. The first-order chi connectivity index (χ1) is 9.29. The highest BCUT2D eigenvalue weighted by atomic mass is 32.2. The molecule has 1 amide bonds. The molecule has 0 aliphatic heterocycles. The number of hydrogen-bond donors (Lipinski definition) is 2. The van der Waals surface area contributed by atoms with Crippen molar-refractivity contribution in [1.82, 2.24) is 0 Å². The molecule has 0 fully saturated rings. The van der Waals surface area contributed by atoms with Gasteiger partial charge in [0.2, 0.25) is 10.0 Å². The molecule has 0 aliphatic rings. The summed E-state index contributed by atoms with van der Waals surface area (Å²) in [6.45, 7) is 3.58. The predicted molar refractivity (Wildman–Crippen MR) is 79.6 cm³/mol. The fraction of sp³-hybridized carbons (Fsp3) is 0.154. The molecule has 5 nitrogen and oxygen atoms in total. The van der Waals surface area contributed by atoms with E-state index in [2.05, 4.69) is 5.32 Å². The van der Waals surface area contributed by atoms with Crippen LogP contribution in [-0.2, 0) is 10.0 Å². The van der Waals surface area contributed by atoms with Crippen molar-refractivity contribution in [1.29, 1.82) is 0 Å². The van der Waals surface area contributed by atoms with Crippen LogP contribution >= 0.6 is 11.3 Å². The van der Waals surface area contributed by atoms with Crippen LogP contribution in [0, 0.1) is 13.8 Å². The van der Waals surface area contributed by atoms with Crippen LogP contribution in [0.25, 0.3) is 0 Å². The first-order valence-electron chi connectivity index (χ1n) is 5.76. The summed E-state index contributed by atoms with van der Waals surface area (Å²) < 4.78 is 22.5. The zero-order valence-electron chi connectivity index (χ0n) is 11.0. The van der Waals surface area contributed by atoms with Gasteiger partial charge in [-0.25, -0.2) is 13.6 Å². The third-order valence-electron chi connectivity index (χ3n) is 2.87. The lowest BCUT2D eigenvalue weighted by molar-refractivity contribution is 0.102.